The van der Waals surface area contributed by atoms with E-state index in [2.05, 4.69) is 21.3 Å². The molecule has 10 N–H and O–H groups in total. The largest absolute Gasteiger partial charge is 0.394 e. The highest BCUT2D eigenvalue weighted by atomic mass is 16.7. The Balaban J connectivity index is 1.56. The zero-order valence-corrected chi connectivity index (χ0v) is 29.2. The van der Waals surface area contributed by atoms with E-state index in [0.717, 1.165) is 0 Å². The lowest BCUT2D eigenvalue weighted by Crippen LogP contribution is -2.64. The maximum absolute atomic E-state index is 12.3. The number of unbranched alkanes of at least 4 members (excludes halogenated alkanes) is 3. The van der Waals surface area contributed by atoms with Gasteiger partial charge in [0, 0.05) is 46.4 Å². The van der Waals surface area contributed by atoms with Crippen LogP contribution in [0.4, 0.5) is 0 Å². The van der Waals surface area contributed by atoms with E-state index in [1.165, 1.54) is 13.8 Å². The summed E-state index contributed by atoms with van der Waals surface area (Å²) in [5.74, 6) is -1.42. The fraction of sp³-hybridized carbons (Fsp3) is 0.844. The number of hydrogen-bond donors (Lipinski definition) is 10. The molecule has 0 bridgehead atoms. The third-order valence-electron chi connectivity index (χ3n) is 8.44. The second kappa shape index (κ2) is 23.7. The molecular weight excluding hydrogens is 680 g/mol. The first-order valence-corrected chi connectivity index (χ1v) is 17.4. The standard InChI is InChI=1S/C32H56N4O15/c1-18(40)34-25-29(46)27(44)21(16-38)50-31(25)48-13-7-4-10-23(42)33-12-6-3-9-20(15-37)36-24(43)11-5-8-14-49-32-26(35-19(2)41)30(47)28(45)22(17-39)51-32/h15,20-22,25-32,38-39,44-47H,3-14,16-17H2,1-2H3,(H,33,42)(H,34,40)(H,35,41)(H,36,43)/t20-,21?,22?,25?,26?,27?,28?,29?,30?,31?,32?/m1/s1. The summed E-state index contributed by atoms with van der Waals surface area (Å²) in [5, 5.41) is 70.0. The second-order valence-corrected chi connectivity index (χ2v) is 12.7. The van der Waals surface area contributed by atoms with Crippen molar-refractivity contribution in [3.8, 4) is 0 Å². The molecule has 2 saturated heterocycles. The quantitative estimate of drug-likeness (QED) is 0.0356. The van der Waals surface area contributed by atoms with Crippen LogP contribution in [0.5, 0.6) is 0 Å². The average molecular weight is 737 g/mol. The highest BCUT2D eigenvalue weighted by Gasteiger charge is 2.46. The molecule has 0 aromatic heterocycles. The number of aliphatic hydroxyl groups is 6. The molecule has 4 amide bonds. The maximum atomic E-state index is 12.3. The van der Waals surface area contributed by atoms with Crippen LogP contribution in [0.2, 0.25) is 0 Å². The summed E-state index contributed by atoms with van der Waals surface area (Å²) in [6, 6.07) is -2.77. The molecule has 2 aliphatic heterocycles. The van der Waals surface area contributed by atoms with Gasteiger partial charge in [-0.05, 0) is 44.9 Å². The van der Waals surface area contributed by atoms with Crippen LogP contribution in [-0.4, -0.2) is 161 Å². The number of hydrogen-bond acceptors (Lipinski definition) is 15. The molecule has 0 spiro atoms. The van der Waals surface area contributed by atoms with E-state index in [-0.39, 0.29) is 37.9 Å². The molecule has 51 heavy (non-hydrogen) atoms. The van der Waals surface area contributed by atoms with E-state index in [9.17, 15) is 54.6 Å². The molecule has 0 saturated carbocycles. The Labute approximate surface area is 296 Å². The van der Waals surface area contributed by atoms with Crippen molar-refractivity contribution in [2.24, 2.45) is 0 Å². The van der Waals surface area contributed by atoms with Crippen molar-refractivity contribution in [1.29, 1.82) is 0 Å². The Morgan fingerprint density at radius 1 is 0.686 bits per heavy atom. The van der Waals surface area contributed by atoms with Crippen molar-refractivity contribution < 1.29 is 73.6 Å². The molecule has 0 aromatic carbocycles. The topological polar surface area (TPSA) is 292 Å². The fourth-order valence-electron chi connectivity index (χ4n) is 5.66. The van der Waals surface area contributed by atoms with Gasteiger partial charge in [0.2, 0.25) is 23.6 Å². The maximum Gasteiger partial charge on any atom is 0.220 e. The Morgan fingerprint density at radius 2 is 1.16 bits per heavy atom. The highest BCUT2D eigenvalue weighted by molar-refractivity contribution is 5.79. The molecule has 2 rings (SSSR count). The number of rotatable bonds is 23. The lowest BCUT2D eigenvalue weighted by atomic mass is 9.97. The van der Waals surface area contributed by atoms with Crippen LogP contribution in [0.1, 0.15) is 71.6 Å². The predicted molar refractivity (Wildman–Crippen MR) is 175 cm³/mol. The number of ether oxygens (including phenoxy) is 4. The first-order chi connectivity index (χ1) is 24.3. The molecule has 0 aliphatic carbocycles. The van der Waals surface area contributed by atoms with Gasteiger partial charge in [0.05, 0.1) is 19.3 Å². The molecule has 2 fully saturated rings. The molecule has 10 unspecified atom stereocenters. The molecule has 0 aromatic rings. The number of amides is 4. The van der Waals surface area contributed by atoms with Gasteiger partial charge in [0.1, 0.15) is 55.0 Å². The first kappa shape index (κ1) is 44.3. The fourth-order valence-corrected chi connectivity index (χ4v) is 5.66. The van der Waals surface area contributed by atoms with Gasteiger partial charge in [0.25, 0.3) is 0 Å². The Hall–Kier alpha value is -2.85. The molecule has 19 heteroatoms. The summed E-state index contributed by atoms with van der Waals surface area (Å²) in [5.41, 5.74) is 0. The van der Waals surface area contributed by atoms with Gasteiger partial charge in [-0.1, -0.05) is 0 Å². The van der Waals surface area contributed by atoms with E-state index in [0.29, 0.717) is 57.8 Å². The summed E-state index contributed by atoms with van der Waals surface area (Å²) in [4.78, 5) is 59.1. The van der Waals surface area contributed by atoms with Gasteiger partial charge in [-0.25, -0.2) is 0 Å². The van der Waals surface area contributed by atoms with E-state index >= 15 is 0 Å². The lowest BCUT2D eigenvalue weighted by Gasteiger charge is -2.42. The number of carbonyl (C=O) groups excluding carboxylic acids is 5. The summed E-state index contributed by atoms with van der Waals surface area (Å²) in [6.07, 6.45) is -5.73. The number of aliphatic hydroxyl groups excluding tert-OH is 6. The monoisotopic (exact) mass is 736 g/mol. The van der Waals surface area contributed by atoms with Crippen molar-refractivity contribution in [2.45, 2.75) is 139 Å². The van der Waals surface area contributed by atoms with E-state index in [4.69, 9.17) is 18.9 Å². The third-order valence-corrected chi connectivity index (χ3v) is 8.44. The molecule has 294 valence electrons. The first-order valence-electron chi connectivity index (χ1n) is 17.4. The van der Waals surface area contributed by atoms with Crippen LogP contribution < -0.4 is 21.3 Å². The number of nitrogens with one attached hydrogen (secondary N) is 4. The van der Waals surface area contributed by atoms with Gasteiger partial charge in [0.15, 0.2) is 12.6 Å². The van der Waals surface area contributed by atoms with E-state index in [1.807, 2.05) is 0 Å². The van der Waals surface area contributed by atoms with Crippen molar-refractivity contribution >= 4 is 29.9 Å². The lowest BCUT2D eigenvalue weighted by molar-refractivity contribution is -0.270. The van der Waals surface area contributed by atoms with Crippen LogP contribution in [0, 0.1) is 0 Å². The molecule has 0 radical (unpaired) electrons. The van der Waals surface area contributed by atoms with Crippen molar-refractivity contribution in [3.05, 3.63) is 0 Å². The van der Waals surface area contributed by atoms with Gasteiger partial charge in [-0.3, -0.25) is 19.2 Å². The summed E-state index contributed by atoms with van der Waals surface area (Å²) >= 11 is 0. The summed E-state index contributed by atoms with van der Waals surface area (Å²) in [6.45, 7) is 1.99. The Bertz CT molecular complexity index is 1090. The van der Waals surface area contributed by atoms with Crippen LogP contribution in [0.3, 0.4) is 0 Å². The van der Waals surface area contributed by atoms with Crippen molar-refractivity contribution in [2.75, 3.05) is 33.0 Å². The minimum Gasteiger partial charge on any atom is -0.394 e. The van der Waals surface area contributed by atoms with Crippen LogP contribution in [0.15, 0.2) is 0 Å². The number of carbonyl (C=O) groups is 5. The third kappa shape index (κ3) is 15.3. The van der Waals surface area contributed by atoms with Gasteiger partial charge >= 0.3 is 0 Å². The van der Waals surface area contributed by atoms with Crippen molar-refractivity contribution in [1.82, 2.24) is 21.3 Å². The van der Waals surface area contributed by atoms with Gasteiger partial charge < -0.3 is 75.6 Å². The average Bonchev–Trinajstić information content (AvgIpc) is 3.09. The van der Waals surface area contributed by atoms with Crippen LogP contribution >= 0.6 is 0 Å². The van der Waals surface area contributed by atoms with Crippen LogP contribution in [-0.2, 0) is 42.9 Å². The normalized spacial score (nSPS) is 29.8. The predicted octanol–water partition coefficient (Wildman–Crippen LogP) is -3.78. The summed E-state index contributed by atoms with van der Waals surface area (Å²) < 4.78 is 22.2. The second-order valence-electron chi connectivity index (χ2n) is 12.7. The molecule has 19 nitrogen and oxygen atoms in total. The molecule has 2 aliphatic rings. The Kier molecular flexibility index (Phi) is 20.6. The van der Waals surface area contributed by atoms with Crippen LogP contribution in [0.25, 0.3) is 0 Å². The minimum absolute atomic E-state index is 0.101. The Morgan fingerprint density at radius 3 is 1.59 bits per heavy atom. The molecular formula is C32H56N4O15. The summed E-state index contributed by atoms with van der Waals surface area (Å²) in [7, 11) is 0. The smallest absolute Gasteiger partial charge is 0.220 e. The number of aldehydes is 1. The van der Waals surface area contributed by atoms with Gasteiger partial charge in [-0.2, -0.15) is 0 Å². The SMILES string of the molecule is CC(=O)NC1C(OCCCCC(=O)NCCCC[C@H](C=O)NC(=O)CCCCOC2OC(CO)C(O)C(O)C2NC(C)=O)OC(CO)C(O)C1O. The highest BCUT2D eigenvalue weighted by Crippen LogP contribution is 2.24. The van der Waals surface area contributed by atoms with E-state index < -0.39 is 92.4 Å². The zero-order chi connectivity index (χ0) is 37.9. The van der Waals surface area contributed by atoms with Crippen molar-refractivity contribution in [3.63, 3.8) is 0 Å². The molecule has 11 atom stereocenters. The van der Waals surface area contributed by atoms with E-state index in [1.54, 1.807) is 0 Å². The minimum atomic E-state index is -1.42. The van der Waals surface area contributed by atoms with Gasteiger partial charge in [-0.15, -0.1) is 0 Å². The zero-order valence-electron chi connectivity index (χ0n) is 29.2. The molecule has 2 heterocycles.